The Morgan fingerprint density at radius 1 is 0.781 bits per heavy atom. The molecule has 0 N–H and O–H groups in total. The van der Waals surface area contributed by atoms with E-state index < -0.39 is 0 Å². The van der Waals surface area contributed by atoms with E-state index in [1.807, 2.05) is 42.6 Å². The lowest BCUT2D eigenvalue weighted by Gasteiger charge is -2.24. The van der Waals surface area contributed by atoms with Gasteiger partial charge < -0.3 is 9.47 Å². The summed E-state index contributed by atoms with van der Waals surface area (Å²) >= 11 is 0. The van der Waals surface area contributed by atoms with Gasteiger partial charge in [0, 0.05) is 18.6 Å². The van der Waals surface area contributed by atoms with Crippen LogP contribution in [0.3, 0.4) is 0 Å². The van der Waals surface area contributed by atoms with Gasteiger partial charge in [-0.25, -0.2) is 0 Å². The Kier molecular flexibility index (Phi) is 9.80. The fourth-order valence-corrected chi connectivity index (χ4v) is 4.48. The lowest BCUT2D eigenvalue weighted by Crippen LogP contribution is -2.22. The number of nitrogens with zero attached hydrogens (tertiary/aromatic N) is 1. The first-order chi connectivity index (χ1) is 15.7. The first kappa shape index (κ1) is 24.0. The predicted molar refractivity (Wildman–Crippen MR) is 131 cm³/mol. The van der Waals surface area contributed by atoms with Crippen molar-refractivity contribution >= 4 is 12.0 Å². The molecule has 2 unspecified atom stereocenters. The van der Waals surface area contributed by atoms with Crippen molar-refractivity contribution in [1.29, 1.82) is 0 Å². The zero-order valence-electron chi connectivity index (χ0n) is 19.6. The molecule has 4 heteroatoms. The molecule has 1 aliphatic carbocycles. The lowest BCUT2D eigenvalue weighted by molar-refractivity contribution is -0.124. The Balaban J connectivity index is 1.88. The Morgan fingerprint density at radius 2 is 1.31 bits per heavy atom. The van der Waals surface area contributed by atoms with Crippen LogP contribution in [0.25, 0.3) is 0 Å². The average molecular weight is 436 g/mol. The molecule has 4 nitrogen and oxygen atoms in total. The van der Waals surface area contributed by atoms with E-state index in [1.54, 1.807) is 14.2 Å². The van der Waals surface area contributed by atoms with Gasteiger partial charge >= 0.3 is 0 Å². The number of methoxy groups -OCH3 is 2. The molecular formula is C28H37NO3. The van der Waals surface area contributed by atoms with Crippen molar-refractivity contribution in [3.63, 3.8) is 0 Å². The second-order valence-electron chi connectivity index (χ2n) is 8.71. The van der Waals surface area contributed by atoms with Gasteiger partial charge in [-0.1, -0.05) is 57.1 Å². The molecule has 0 radical (unpaired) electrons. The number of hydrogen-bond donors (Lipinski definition) is 0. The van der Waals surface area contributed by atoms with Crippen molar-refractivity contribution in [1.82, 2.24) is 0 Å². The number of ketones is 1. The third kappa shape index (κ3) is 7.22. The molecule has 2 atom stereocenters. The Bertz CT molecular complexity index is 842. The molecule has 1 saturated carbocycles. The molecule has 0 bridgehead atoms. The van der Waals surface area contributed by atoms with Crippen LogP contribution < -0.4 is 9.47 Å². The van der Waals surface area contributed by atoms with Gasteiger partial charge in [0.25, 0.3) is 0 Å². The zero-order chi connectivity index (χ0) is 22.6. The second-order valence-corrected chi connectivity index (χ2v) is 8.71. The van der Waals surface area contributed by atoms with E-state index in [0.29, 0.717) is 12.2 Å². The molecule has 0 amide bonds. The van der Waals surface area contributed by atoms with Crippen molar-refractivity contribution in [3.8, 4) is 11.5 Å². The van der Waals surface area contributed by atoms with Crippen LogP contribution in [-0.4, -0.2) is 26.2 Å². The minimum atomic E-state index is -0.182. The number of benzene rings is 2. The lowest BCUT2D eigenvalue weighted by atomic mass is 9.83. The fourth-order valence-electron chi connectivity index (χ4n) is 4.48. The van der Waals surface area contributed by atoms with Crippen LogP contribution in [0.15, 0.2) is 53.5 Å². The van der Waals surface area contributed by atoms with Gasteiger partial charge in [0.05, 0.1) is 20.3 Å². The standard InChI is InChI=1S/C28H37NO3/c1-31-24-17-13-22(14-18-24)21-29-28(23-15-19-25(32-2)20-16-23)26-11-9-7-5-3-4-6-8-10-12-27(26)30/h13-21,26,28H,3-12H2,1-2H3. The topological polar surface area (TPSA) is 47.9 Å². The quantitative estimate of drug-likeness (QED) is 0.461. The van der Waals surface area contributed by atoms with Gasteiger partial charge in [-0.3, -0.25) is 9.79 Å². The molecule has 0 saturated heterocycles. The second kappa shape index (κ2) is 13.0. The normalized spacial score (nSPS) is 19.7. The van der Waals surface area contributed by atoms with Gasteiger partial charge in [-0.15, -0.1) is 0 Å². The summed E-state index contributed by atoms with van der Waals surface area (Å²) < 4.78 is 10.6. The maximum Gasteiger partial charge on any atom is 0.138 e. The maximum atomic E-state index is 13.3. The monoisotopic (exact) mass is 435 g/mol. The molecule has 0 aliphatic heterocycles. The minimum Gasteiger partial charge on any atom is -0.497 e. The molecule has 1 aliphatic rings. The number of hydrogen-bond acceptors (Lipinski definition) is 4. The molecule has 172 valence electrons. The van der Waals surface area contributed by atoms with Crippen molar-refractivity contribution in [3.05, 3.63) is 59.7 Å². The number of rotatable bonds is 6. The van der Waals surface area contributed by atoms with E-state index in [9.17, 15) is 4.79 Å². The smallest absolute Gasteiger partial charge is 0.138 e. The van der Waals surface area contributed by atoms with Crippen LogP contribution in [0.2, 0.25) is 0 Å². The van der Waals surface area contributed by atoms with Crippen LogP contribution in [0.1, 0.15) is 81.4 Å². The maximum absolute atomic E-state index is 13.3. The van der Waals surface area contributed by atoms with E-state index in [2.05, 4.69) is 12.1 Å². The highest BCUT2D eigenvalue weighted by Gasteiger charge is 2.28. The van der Waals surface area contributed by atoms with Crippen LogP contribution in [0.4, 0.5) is 0 Å². The summed E-state index contributed by atoms with van der Waals surface area (Å²) in [5.74, 6) is 1.91. The van der Waals surface area contributed by atoms with Crippen LogP contribution in [-0.2, 0) is 4.79 Å². The summed E-state index contributed by atoms with van der Waals surface area (Å²) in [4.78, 5) is 18.3. The van der Waals surface area contributed by atoms with Gasteiger partial charge in [0.15, 0.2) is 0 Å². The molecule has 32 heavy (non-hydrogen) atoms. The summed E-state index contributed by atoms with van der Waals surface area (Å²) in [5, 5.41) is 0. The van der Waals surface area contributed by atoms with E-state index >= 15 is 0 Å². The van der Waals surface area contributed by atoms with Crippen molar-refractivity contribution < 1.29 is 14.3 Å². The Labute approximate surface area is 193 Å². The van der Waals surface area contributed by atoms with Crippen molar-refractivity contribution in [2.75, 3.05) is 14.2 Å². The molecule has 0 aromatic heterocycles. The first-order valence-corrected chi connectivity index (χ1v) is 12.0. The van der Waals surface area contributed by atoms with Gasteiger partial charge in [-0.05, 0) is 60.4 Å². The largest absolute Gasteiger partial charge is 0.497 e. The molecule has 2 aromatic carbocycles. The van der Waals surface area contributed by atoms with Crippen LogP contribution in [0.5, 0.6) is 11.5 Å². The van der Waals surface area contributed by atoms with Gasteiger partial charge in [-0.2, -0.15) is 0 Å². The summed E-state index contributed by atoms with van der Waals surface area (Å²) in [6.07, 6.45) is 13.0. The summed E-state index contributed by atoms with van der Waals surface area (Å²) in [5.41, 5.74) is 2.07. The zero-order valence-corrected chi connectivity index (χ0v) is 19.6. The van der Waals surface area contributed by atoms with E-state index in [0.717, 1.165) is 48.3 Å². The molecule has 1 fully saturated rings. The highest BCUT2D eigenvalue weighted by atomic mass is 16.5. The summed E-state index contributed by atoms with van der Waals surface area (Å²) in [6.45, 7) is 0. The number of carbonyl (C=O) groups is 1. The van der Waals surface area contributed by atoms with E-state index in [1.165, 1.54) is 32.1 Å². The van der Waals surface area contributed by atoms with Crippen molar-refractivity contribution in [2.24, 2.45) is 10.9 Å². The summed E-state index contributed by atoms with van der Waals surface area (Å²) in [7, 11) is 3.34. The highest BCUT2D eigenvalue weighted by molar-refractivity contribution is 5.83. The van der Waals surface area contributed by atoms with E-state index in [4.69, 9.17) is 14.5 Å². The molecular weight excluding hydrogens is 398 g/mol. The van der Waals surface area contributed by atoms with Gasteiger partial charge in [0.1, 0.15) is 17.3 Å². The SMILES string of the molecule is COc1ccc(C=NC(c2ccc(OC)cc2)C2CCCCCCCCCCC2=O)cc1. The summed E-state index contributed by atoms with van der Waals surface area (Å²) in [6, 6.07) is 15.7. The van der Waals surface area contributed by atoms with Gasteiger partial charge in [0.2, 0.25) is 0 Å². The Morgan fingerprint density at radius 3 is 1.91 bits per heavy atom. The molecule has 2 aromatic rings. The minimum absolute atomic E-state index is 0.0858. The molecule has 0 heterocycles. The fraction of sp³-hybridized carbons (Fsp3) is 0.500. The number of carbonyl (C=O) groups excluding carboxylic acids is 1. The number of Topliss-reactive ketones (excluding diaryl/α,β-unsaturated/α-hetero) is 1. The molecule has 0 spiro atoms. The Hall–Kier alpha value is -2.62. The molecule has 3 rings (SSSR count). The average Bonchev–Trinajstić information content (AvgIpc) is 2.83. The first-order valence-electron chi connectivity index (χ1n) is 12.0. The third-order valence-corrected chi connectivity index (χ3v) is 6.44. The van der Waals surface area contributed by atoms with Crippen LogP contribution >= 0.6 is 0 Å². The predicted octanol–water partition coefficient (Wildman–Crippen LogP) is 6.96. The third-order valence-electron chi connectivity index (χ3n) is 6.44. The highest BCUT2D eigenvalue weighted by Crippen LogP contribution is 2.34. The van der Waals surface area contributed by atoms with E-state index in [-0.39, 0.29) is 12.0 Å². The van der Waals surface area contributed by atoms with Crippen molar-refractivity contribution in [2.45, 2.75) is 70.3 Å². The number of ether oxygens (including phenoxy) is 2. The number of aliphatic imine (C=N–C) groups is 1. The van der Waals surface area contributed by atoms with Crippen LogP contribution in [0, 0.1) is 5.92 Å².